The Balaban J connectivity index is 1.98. The molecule has 6 heteroatoms. The predicted octanol–water partition coefficient (Wildman–Crippen LogP) is 1.76. The molecular formula is C19H24N4O2. The number of nitrogens with one attached hydrogen (secondary N) is 1. The molecule has 0 saturated carbocycles. The summed E-state index contributed by atoms with van der Waals surface area (Å²) in [7, 11) is 3.90. The van der Waals surface area contributed by atoms with Gasteiger partial charge in [-0.05, 0) is 23.3 Å². The van der Waals surface area contributed by atoms with Gasteiger partial charge in [0.15, 0.2) is 12.6 Å². The fourth-order valence-corrected chi connectivity index (χ4v) is 2.19. The number of guanidine groups is 1. The fourth-order valence-electron chi connectivity index (χ4n) is 2.19. The van der Waals surface area contributed by atoms with Crippen LogP contribution in [-0.4, -0.2) is 37.5 Å². The molecule has 3 N–H and O–H groups in total. The highest BCUT2D eigenvalue weighted by atomic mass is 16.5. The monoisotopic (exact) mass is 340 g/mol. The standard InChI is InChI=1S/C19H24N4O2/c1-23(2)19(21-12-15-7-4-3-5-8-15)22-13-16-9-6-10-17(11-16)25-14-18(20)24/h3-11H,12-14H2,1-2H3,(H2,20,24)(H,21,22). The second kappa shape index (κ2) is 9.32. The molecule has 0 atom stereocenters. The third-order valence-electron chi connectivity index (χ3n) is 3.41. The fraction of sp³-hybridized carbons (Fsp3) is 0.263. The lowest BCUT2D eigenvalue weighted by molar-refractivity contribution is -0.119. The minimum atomic E-state index is -0.497. The van der Waals surface area contributed by atoms with Crippen molar-refractivity contribution in [3.63, 3.8) is 0 Å². The minimum absolute atomic E-state index is 0.131. The molecule has 0 bridgehead atoms. The van der Waals surface area contributed by atoms with Crippen molar-refractivity contribution in [2.45, 2.75) is 13.1 Å². The first-order valence-electron chi connectivity index (χ1n) is 8.04. The van der Waals surface area contributed by atoms with Crippen LogP contribution < -0.4 is 15.8 Å². The highest BCUT2D eigenvalue weighted by Crippen LogP contribution is 2.14. The molecule has 0 saturated heterocycles. The van der Waals surface area contributed by atoms with Crippen LogP contribution in [0.5, 0.6) is 5.75 Å². The Morgan fingerprint density at radius 1 is 1.12 bits per heavy atom. The van der Waals surface area contributed by atoms with E-state index in [0.29, 0.717) is 18.8 Å². The zero-order valence-corrected chi connectivity index (χ0v) is 14.6. The predicted molar refractivity (Wildman–Crippen MR) is 99.2 cm³/mol. The van der Waals surface area contributed by atoms with Crippen molar-refractivity contribution in [2.75, 3.05) is 20.7 Å². The largest absolute Gasteiger partial charge is 0.484 e. The quantitative estimate of drug-likeness (QED) is 0.594. The molecule has 0 aliphatic heterocycles. The number of hydrogen-bond acceptors (Lipinski definition) is 3. The summed E-state index contributed by atoms with van der Waals surface area (Å²) in [6.45, 7) is 1.08. The van der Waals surface area contributed by atoms with E-state index in [1.54, 1.807) is 6.07 Å². The van der Waals surface area contributed by atoms with Crippen LogP contribution in [0.2, 0.25) is 0 Å². The van der Waals surface area contributed by atoms with Gasteiger partial charge in [-0.25, -0.2) is 4.99 Å². The summed E-state index contributed by atoms with van der Waals surface area (Å²) in [6.07, 6.45) is 0. The zero-order valence-electron chi connectivity index (χ0n) is 14.6. The number of primary amides is 1. The third-order valence-corrected chi connectivity index (χ3v) is 3.41. The lowest BCUT2D eigenvalue weighted by Gasteiger charge is -2.18. The first-order chi connectivity index (χ1) is 12.0. The van der Waals surface area contributed by atoms with Gasteiger partial charge in [0.05, 0.1) is 6.54 Å². The normalized spacial score (nSPS) is 11.0. The van der Waals surface area contributed by atoms with Crippen molar-refractivity contribution < 1.29 is 9.53 Å². The van der Waals surface area contributed by atoms with Crippen LogP contribution in [-0.2, 0) is 17.9 Å². The van der Waals surface area contributed by atoms with E-state index in [-0.39, 0.29) is 6.61 Å². The number of nitrogens with zero attached hydrogens (tertiary/aromatic N) is 2. The van der Waals surface area contributed by atoms with Crippen molar-refractivity contribution in [3.05, 3.63) is 65.7 Å². The average molecular weight is 340 g/mol. The summed E-state index contributed by atoms with van der Waals surface area (Å²) in [5.41, 5.74) is 7.27. The summed E-state index contributed by atoms with van der Waals surface area (Å²) in [5, 5.41) is 3.34. The Hall–Kier alpha value is -3.02. The van der Waals surface area contributed by atoms with Crippen LogP contribution in [0.15, 0.2) is 59.6 Å². The van der Waals surface area contributed by atoms with Crippen LogP contribution in [0, 0.1) is 0 Å². The SMILES string of the molecule is CN(C)C(=NCc1cccc(OCC(N)=O)c1)NCc1ccccc1. The molecular weight excluding hydrogens is 316 g/mol. The molecule has 0 unspecified atom stereocenters. The summed E-state index contributed by atoms with van der Waals surface area (Å²) in [6, 6.07) is 17.6. The lowest BCUT2D eigenvalue weighted by Crippen LogP contribution is -2.36. The van der Waals surface area contributed by atoms with Gasteiger partial charge in [-0.15, -0.1) is 0 Å². The second-order valence-electron chi connectivity index (χ2n) is 5.78. The maximum atomic E-state index is 10.8. The van der Waals surface area contributed by atoms with E-state index in [1.807, 2.05) is 55.4 Å². The van der Waals surface area contributed by atoms with Crippen molar-refractivity contribution >= 4 is 11.9 Å². The smallest absolute Gasteiger partial charge is 0.255 e. The van der Waals surface area contributed by atoms with E-state index in [2.05, 4.69) is 22.4 Å². The Morgan fingerprint density at radius 3 is 2.52 bits per heavy atom. The van der Waals surface area contributed by atoms with E-state index in [1.165, 1.54) is 5.56 Å². The maximum Gasteiger partial charge on any atom is 0.255 e. The minimum Gasteiger partial charge on any atom is -0.484 e. The first-order valence-corrected chi connectivity index (χ1v) is 8.04. The maximum absolute atomic E-state index is 10.8. The first kappa shape index (κ1) is 18.3. The number of benzene rings is 2. The summed E-state index contributed by atoms with van der Waals surface area (Å²) in [5.74, 6) is 0.908. The van der Waals surface area contributed by atoms with Crippen LogP contribution in [0.3, 0.4) is 0 Å². The molecule has 2 aromatic carbocycles. The van der Waals surface area contributed by atoms with E-state index in [0.717, 1.165) is 11.5 Å². The van der Waals surface area contributed by atoms with Gasteiger partial charge in [-0.3, -0.25) is 4.79 Å². The van der Waals surface area contributed by atoms with Gasteiger partial charge in [0.2, 0.25) is 0 Å². The lowest BCUT2D eigenvalue weighted by atomic mass is 10.2. The number of rotatable bonds is 7. The van der Waals surface area contributed by atoms with Crippen molar-refractivity contribution in [1.82, 2.24) is 10.2 Å². The number of ether oxygens (including phenoxy) is 1. The number of nitrogens with two attached hydrogens (primary N) is 1. The van der Waals surface area contributed by atoms with Crippen LogP contribution in [0.4, 0.5) is 0 Å². The Kier molecular flexibility index (Phi) is 6.83. The van der Waals surface area contributed by atoms with Gasteiger partial charge < -0.3 is 20.7 Å². The van der Waals surface area contributed by atoms with Gasteiger partial charge in [0.25, 0.3) is 5.91 Å². The number of aliphatic imine (C=N–C) groups is 1. The second-order valence-corrected chi connectivity index (χ2v) is 5.78. The average Bonchev–Trinajstić information content (AvgIpc) is 2.61. The molecule has 2 aromatic rings. The van der Waals surface area contributed by atoms with Gasteiger partial charge >= 0.3 is 0 Å². The molecule has 0 spiro atoms. The number of hydrogen-bond donors (Lipinski definition) is 2. The van der Waals surface area contributed by atoms with Gasteiger partial charge in [-0.1, -0.05) is 42.5 Å². The van der Waals surface area contributed by atoms with Gasteiger partial charge in [-0.2, -0.15) is 0 Å². The highest BCUT2D eigenvalue weighted by molar-refractivity contribution is 5.79. The third kappa shape index (κ3) is 6.55. The van der Waals surface area contributed by atoms with Gasteiger partial charge in [0, 0.05) is 20.6 Å². The number of carbonyl (C=O) groups is 1. The molecule has 0 aromatic heterocycles. The summed E-state index contributed by atoms with van der Waals surface area (Å²) < 4.78 is 5.32. The van der Waals surface area contributed by atoms with Crippen LogP contribution in [0.25, 0.3) is 0 Å². The van der Waals surface area contributed by atoms with E-state index >= 15 is 0 Å². The molecule has 0 fully saturated rings. The van der Waals surface area contributed by atoms with Crippen molar-refractivity contribution in [3.8, 4) is 5.75 Å². The topological polar surface area (TPSA) is 79.9 Å². The molecule has 2 rings (SSSR count). The molecule has 0 aliphatic carbocycles. The molecule has 6 nitrogen and oxygen atoms in total. The Bertz CT molecular complexity index is 714. The highest BCUT2D eigenvalue weighted by Gasteiger charge is 2.03. The summed E-state index contributed by atoms with van der Waals surface area (Å²) >= 11 is 0. The van der Waals surface area contributed by atoms with Crippen molar-refractivity contribution in [1.29, 1.82) is 0 Å². The molecule has 0 radical (unpaired) electrons. The van der Waals surface area contributed by atoms with Crippen LogP contribution in [0.1, 0.15) is 11.1 Å². The number of carbonyl (C=O) groups excluding carboxylic acids is 1. The van der Waals surface area contributed by atoms with Crippen molar-refractivity contribution in [2.24, 2.45) is 10.7 Å². The molecule has 0 aliphatic rings. The molecule has 25 heavy (non-hydrogen) atoms. The molecule has 132 valence electrons. The Labute approximate surface area is 148 Å². The Morgan fingerprint density at radius 2 is 1.84 bits per heavy atom. The number of amides is 1. The van der Waals surface area contributed by atoms with Gasteiger partial charge in [0.1, 0.15) is 5.75 Å². The molecule has 0 heterocycles. The van der Waals surface area contributed by atoms with E-state index in [4.69, 9.17) is 10.5 Å². The van der Waals surface area contributed by atoms with E-state index in [9.17, 15) is 4.79 Å². The molecule has 1 amide bonds. The van der Waals surface area contributed by atoms with Crippen LogP contribution >= 0.6 is 0 Å². The summed E-state index contributed by atoms with van der Waals surface area (Å²) in [4.78, 5) is 17.4. The zero-order chi connectivity index (χ0) is 18.1. The van der Waals surface area contributed by atoms with E-state index < -0.39 is 5.91 Å².